The van der Waals surface area contributed by atoms with Crippen LogP contribution in [0.4, 0.5) is 5.69 Å². The number of hydrogen-bond donors (Lipinski definition) is 1. The number of nitrogens with zero attached hydrogens (tertiary/aromatic N) is 1. The van der Waals surface area contributed by atoms with E-state index >= 15 is 0 Å². The van der Waals surface area contributed by atoms with Gasteiger partial charge in [-0.2, -0.15) is 0 Å². The molecule has 0 radical (unpaired) electrons. The molecule has 120 valence electrons. The SMILES string of the molecule is COc1ccc2c(c1)C(=O)C(=O)C(c1ccccc1[N+](=O)[O-])=C2O. The zero-order valence-corrected chi connectivity index (χ0v) is 12.5. The molecule has 2 aromatic carbocycles. The summed E-state index contributed by atoms with van der Waals surface area (Å²) in [5.74, 6) is -1.96. The number of Topliss-reactive ketones (excluding diaryl/α,β-unsaturated/α-hetero) is 2. The Bertz CT molecular complexity index is 928. The van der Waals surface area contributed by atoms with E-state index in [4.69, 9.17) is 4.74 Å². The van der Waals surface area contributed by atoms with Gasteiger partial charge in [-0.1, -0.05) is 12.1 Å². The van der Waals surface area contributed by atoms with Crippen LogP contribution in [0.2, 0.25) is 0 Å². The Labute approximate surface area is 136 Å². The minimum Gasteiger partial charge on any atom is -0.506 e. The molecule has 0 aromatic heterocycles. The first-order chi connectivity index (χ1) is 11.5. The van der Waals surface area contributed by atoms with Crippen LogP contribution in [0.1, 0.15) is 21.5 Å². The summed E-state index contributed by atoms with van der Waals surface area (Å²) in [6, 6.07) is 9.76. The van der Waals surface area contributed by atoms with E-state index in [9.17, 15) is 24.8 Å². The standard InChI is InChI=1S/C17H11NO6/c1-24-9-6-7-10-12(8-9)16(20)17(21)14(15(10)19)11-4-2-3-5-13(11)18(22)23/h2-8,19H,1H3. The van der Waals surface area contributed by atoms with Crippen molar-refractivity contribution >= 4 is 28.6 Å². The highest BCUT2D eigenvalue weighted by Gasteiger charge is 2.36. The maximum Gasteiger partial charge on any atom is 0.277 e. The minimum atomic E-state index is -0.998. The summed E-state index contributed by atoms with van der Waals surface area (Å²) >= 11 is 0. The summed E-state index contributed by atoms with van der Waals surface area (Å²) in [7, 11) is 1.41. The molecule has 0 saturated heterocycles. The Kier molecular flexibility index (Phi) is 3.61. The zero-order chi connectivity index (χ0) is 17.4. The quantitative estimate of drug-likeness (QED) is 0.528. The van der Waals surface area contributed by atoms with Gasteiger partial charge in [-0.25, -0.2) is 0 Å². The summed E-state index contributed by atoms with van der Waals surface area (Å²) in [5.41, 5.74) is -0.699. The molecule has 0 fully saturated rings. The number of aliphatic hydroxyl groups is 1. The number of fused-ring (bicyclic) bond motifs is 1. The predicted octanol–water partition coefficient (Wildman–Crippen LogP) is 2.80. The van der Waals surface area contributed by atoms with E-state index in [2.05, 4.69) is 0 Å². The number of ether oxygens (including phenoxy) is 1. The van der Waals surface area contributed by atoms with Crippen molar-refractivity contribution in [3.8, 4) is 5.75 Å². The van der Waals surface area contributed by atoms with Crippen molar-refractivity contribution in [2.75, 3.05) is 7.11 Å². The lowest BCUT2D eigenvalue weighted by atomic mass is 9.84. The van der Waals surface area contributed by atoms with Gasteiger partial charge >= 0.3 is 0 Å². The van der Waals surface area contributed by atoms with Crippen LogP contribution in [-0.4, -0.2) is 28.7 Å². The molecule has 0 amide bonds. The third-order valence-corrected chi connectivity index (χ3v) is 3.77. The van der Waals surface area contributed by atoms with E-state index in [0.717, 1.165) is 0 Å². The van der Waals surface area contributed by atoms with Crippen molar-refractivity contribution in [1.82, 2.24) is 0 Å². The molecule has 7 nitrogen and oxygen atoms in total. The maximum absolute atomic E-state index is 12.4. The molecular weight excluding hydrogens is 314 g/mol. The van der Waals surface area contributed by atoms with Crippen molar-refractivity contribution in [2.45, 2.75) is 0 Å². The molecule has 0 aliphatic heterocycles. The molecule has 2 aromatic rings. The molecule has 3 rings (SSSR count). The Morgan fingerprint density at radius 2 is 1.71 bits per heavy atom. The second-order valence-electron chi connectivity index (χ2n) is 5.07. The first kappa shape index (κ1) is 15.4. The van der Waals surface area contributed by atoms with E-state index in [1.165, 1.54) is 49.6 Å². The predicted molar refractivity (Wildman–Crippen MR) is 84.9 cm³/mol. The van der Waals surface area contributed by atoms with E-state index < -0.39 is 22.2 Å². The minimum absolute atomic E-state index is 0.000755. The molecule has 1 N–H and O–H groups in total. The molecular formula is C17H11NO6. The summed E-state index contributed by atoms with van der Waals surface area (Å²) in [4.78, 5) is 35.3. The molecule has 1 aliphatic carbocycles. The Hall–Kier alpha value is -3.48. The number of methoxy groups -OCH3 is 1. The fraction of sp³-hybridized carbons (Fsp3) is 0.0588. The number of rotatable bonds is 3. The molecule has 1 aliphatic rings. The largest absolute Gasteiger partial charge is 0.506 e. The van der Waals surface area contributed by atoms with Gasteiger partial charge in [0.15, 0.2) is 0 Å². The third kappa shape index (κ3) is 2.23. The van der Waals surface area contributed by atoms with E-state index in [0.29, 0.717) is 5.75 Å². The number of allylic oxidation sites excluding steroid dienone is 1. The first-order valence-electron chi connectivity index (χ1n) is 6.90. The fourth-order valence-electron chi connectivity index (χ4n) is 2.62. The molecule has 7 heteroatoms. The van der Waals surface area contributed by atoms with Gasteiger partial charge in [-0.05, 0) is 24.3 Å². The lowest BCUT2D eigenvalue weighted by Gasteiger charge is -2.18. The monoisotopic (exact) mass is 325 g/mol. The maximum atomic E-state index is 12.4. The van der Waals surface area contributed by atoms with Crippen LogP contribution in [0.5, 0.6) is 5.75 Å². The number of carbonyl (C=O) groups excluding carboxylic acids is 2. The second kappa shape index (κ2) is 5.62. The average Bonchev–Trinajstić information content (AvgIpc) is 2.59. The van der Waals surface area contributed by atoms with Crippen molar-refractivity contribution in [3.05, 3.63) is 69.3 Å². The number of benzene rings is 2. The van der Waals surface area contributed by atoms with Gasteiger partial charge in [0.05, 0.1) is 23.2 Å². The van der Waals surface area contributed by atoms with Gasteiger partial charge in [0.25, 0.3) is 5.69 Å². The van der Waals surface area contributed by atoms with Crippen molar-refractivity contribution in [3.63, 3.8) is 0 Å². The van der Waals surface area contributed by atoms with E-state index in [1.807, 2.05) is 0 Å². The van der Waals surface area contributed by atoms with Gasteiger partial charge in [-0.3, -0.25) is 19.7 Å². The molecule has 0 bridgehead atoms. The van der Waals surface area contributed by atoms with Crippen molar-refractivity contribution in [2.24, 2.45) is 0 Å². The van der Waals surface area contributed by atoms with Crippen LogP contribution in [0.15, 0.2) is 42.5 Å². The summed E-state index contributed by atoms with van der Waals surface area (Å²) in [6.07, 6.45) is 0. The highest BCUT2D eigenvalue weighted by Crippen LogP contribution is 2.37. The van der Waals surface area contributed by atoms with Gasteiger partial charge < -0.3 is 9.84 Å². The number of nitro groups is 1. The van der Waals surface area contributed by atoms with Crippen LogP contribution in [0.25, 0.3) is 11.3 Å². The summed E-state index contributed by atoms with van der Waals surface area (Å²) in [5, 5.41) is 21.7. The molecule has 0 spiro atoms. The molecule has 0 atom stereocenters. The Balaban J connectivity index is 2.30. The highest BCUT2D eigenvalue weighted by atomic mass is 16.6. The number of aliphatic hydroxyl groups excluding tert-OH is 1. The van der Waals surface area contributed by atoms with Gasteiger partial charge in [0, 0.05) is 17.2 Å². The van der Waals surface area contributed by atoms with Crippen LogP contribution in [-0.2, 0) is 4.79 Å². The van der Waals surface area contributed by atoms with Crippen LogP contribution in [0, 0.1) is 10.1 Å². The number of ketones is 2. The Morgan fingerprint density at radius 3 is 2.38 bits per heavy atom. The summed E-state index contributed by atoms with van der Waals surface area (Å²) in [6.45, 7) is 0. The second-order valence-corrected chi connectivity index (χ2v) is 5.07. The lowest BCUT2D eigenvalue weighted by Crippen LogP contribution is -2.23. The van der Waals surface area contributed by atoms with Crippen LogP contribution < -0.4 is 4.74 Å². The van der Waals surface area contributed by atoms with Crippen molar-refractivity contribution in [1.29, 1.82) is 0 Å². The molecule has 0 unspecified atom stereocenters. The van der Waals surface area contributed by atoms with Gasteiger partial charge in [0.1, 0.15) is 11.5 Å². The third-order valence-electron chi connectivity index (χ3n) is 3.77. The van der Waals surface area contributed by atoms with Gasteiger partial charge in [0.2, 0.25) is 11.6 Å². The van der Waals surface area contributed by atoms with Gasteiger partial charge in [-0.15, -0.1) is 0 Å². The normalized spacial score (nSPS) is 13.7. The van der Waals surface area contributed by atoms with Crippen LogP contribution in [0.3, 0.4) is 0 Å². The van der Waals surface area contributed by atoms with E-state index in [-0.39, 0.29) is 28.0 Å². The Morgan fingerprint density at radius 1 is 1.00 bits per heavy atom. The smallest absolute Gasteiger partial charge is 0.277 e. The lowest BCUT2D eigenvalue weighted by molar-refractivity contribution is -0.385. The van der Waals surface area contributed by atoms with Crippen molar-refractivity contribution < 1.29 is 24.4 Å². The number of carbonyl (C=O) groups is 2. The number of para-hydroxylation sites is 1. The topological polar surface area (TPSA) is 107 Å². The molecule has 0 saturated carbocycles. The van der Waals surface area contributed by atoms with Crippen LogP contribution >= 0.6 is 0 Å². The number of nitro benzene ring substituents is 1. The average molecular weight is 325 g/mol. The summed E-state index contributed by atoms with van der Waals surface area (Å²) < 4.78 is 5.01. The van der Waals surface area contributed by atoms with E-state index in [1.54, 1.807) is 0 Å². The highest BCUT2D eigenvalue weighted by molar-refractivity contribution is 6.62. The number of hydrogen-bond acceptors (Lipinski definition) is 6. The fourth-order valence-corrected chi connectivity index (χ4v) is 2.62. The zero-order valence-electron chi connectivity index (χ0n) is 12.5. The molecule has 24 heavy (non-hydrogen) atoms. The first-order valence-corrected chi connectivity index (χ1v) is 6.90. The molecule has 0 heterocycles.